The number of morpholine rings is 1. The lowest BCUT2D eigenvalue weighted by molar-refractivity contribution is 0.0374. The summed E-state index contributed by atoms with van der Waals surface area (Å²) in [5, 5.41) is 15.0. The van der Waals surface area contributed by atoms with Crippen molar-refractivity contribution in [2.75, 3.05) is 39.4 Å². The van der Waals surface area contributed by atoms with Crippen molar-refractivity contribution in [1.82, 2.24) is 10.2 Å². The van der Waals surface area contributed by atoms with Crippen LogP contribution in [-0.2, 0) is 4.74 Å². The Hall–Kier alpha value is -0.850. The molecule has 0 spiro atoms. The molecule has 0 bridgehead atoms. The van der Waals surface area contributed by atoms with Crippen molar-refractivity contribution in [3.63, 3.8) is 0 Å². The van der Waals surface area contributed by atoms with E-state index in [0.717, 1.165) is 52.2 Å². The highest BCUT2D eigenvalue weighted by atomic mass is 16.5. The Balaban J connectivity index is 2.07. The van der Waals surface area contributed by atoms with Crippen LogP contribution in [0, 0.1) is 0 Å². The molecule has 1 rings (SSSR count). The molecule has 0 aliphatic carbocycles. The number of ether oxygens (including phenoxy) is 1. The van der Waals surface area contributed by atoms with E-state index in [2.05, 4.69) is 22.3 Å². The van der Waals surface area contributed by atoms with Crippen molar-refractivity contribution >= 4 is 5.84 Å². The molecule has 0 amide bonds. The van der Waals surface area contributed by atoms with Gasteiger partial charge in [0.25, 0.3) is 0 Å². The van der Waals surface area contributed by atoms with Gasteiger partial charge in [0.05, 0.1) is 13.2 Å². The summed E-state index contributed by atoms with van der Waals surface area (Å²) in [6, 6.07) is 0.297. The number of nitrogens with two attached hydrogens (primary N) is 1. The maximum Gasteiger partial charge on any atom is 0.140 e. The minimum atomic E-state index is 0.294. The highest BCUT2D eigenvalue weighted by molar-refractivity contribution is 5.80. The maximum atomic E-state index is 8.54. The second-order valence-electron chi connectivity index (χ2n) is 4.66. The van der Waals surface area contributed by atoms with E-state index in [1.807, 2.05) is 0 Å². The normalized spacial score (nSPS) is 19.9. The van der Waals surface area contributed by atoms with Crippen LogP contribution in [0.15, 0.2) is 5.16 Å². The molecule has 6 nitrogen and oxygen atoms in total. The summed E-state index contributed by atoms with van der Waals surface area (Å²) in [5.41, 5.74) is 5.51. The van der Waals surface area contributed by atoms with E-state index in [-0.39, 0.29) is 0 Å². The molecule has 1 fully saturated rings. The van der Waals surface area contributed by atoms with Gasteiger partial charge in [-0.15, -0.1) is 0 Å². The molecule has 1 unspecified atom stereocenters. The molecule has 0 aromatic heterocycles. The van der Waals surface area contributed by atoms with E-state index in [1.54, 1.807) is 0 Å². The molecule has 4 N–H and O–H groups in total. The number of hydrogen-bond acceptors (Lipinski definition) is 5. The van der Waals surface area contributed by atoms with E-state index >= 15 is 0 Å². The van der Waals surface area contributed by atoms with Crippen LogP contribution >= 0.6 is 0 Å². The number of nitrogens with one attached hydrogen (secondary N) is 1. The Labute approximate surface area is 109 Å². The zero-order valence-electron chi connectivity index (χ0n) is 11.3. The topological polar surface area (TPSA) is 83.1 Å². The molecule has 1 aliphatic heterocycles. The van der Waals surface area contributed by atoms with Crippen LogP contribution in [0.25, 0.3) is 0 Å². The average molecular weight is 258 g/mol. The predicted octanol–water partition coefficient (Wildman–Crippen LogP) is 0.213. The Morgan fingerprint density at radius 3 is 2.83 bits per heavy atom. The van der Waals surface area contributed by atoms with Gasteiger partial charge < -0.3 is 21.0 Å². The fourth-order valence-electron chi connectivity index (χ4n) is 2.09. The summed E-state index contributed by atoms with van der Waals surface area (Å²) < 4.78 is 5.31. The lowest BCUT2D eigenvalue weighted by Crippen LogP contribution is -2.39. The van der Waals surface area contributed by atoms with E-state index in [1.165, 1.54) is 0 Å². The molecule has 6 heteroatoms. The van der Waals surface area contributed by atoms with E-state index in [0.29, 0.717) is 18.3 Å². The zero-order valence-corrected chi connectivity index (χ0v) is 11.3. The Bertz CT molecular complexity index is 242. The van der Waals surface area contributed by atoms with Gasteiger partial charge in [0, 0.05) is 25.6 Å². The number of nitrogens with zero attached hydrogens (tertiary/aromatic N) is 2. The summed E-state index contributed by atoms with van der Waals surface area (Å²) in [4.78, 5) is 2.43. The van der Waals surface area contributed by atoms with Gasteiger partial charge in [-0.2, -0.15) is 0 Å². The van der Waals surface area contributed by atoms with Crippen molar-refractivity contribution in [3.8, 4) is 0 Å². The molecular formula is C12H26N4O2. The largest absolute Gasteiger partial charge is 0.409 e. The molecule has 1 heterocycles. The summed E-state index contributed by atoms with van der Waals surface area (Å²) >= 11 is 0. The van der Waals surface area contributed by atoms with Crippen LogP contribution in [0.5, 0.6) is 0 Å². The van der Waals surface area contributed by atoms with Crippen LogP contribution in [0.2, 0.25) is 0 Å². The minimum Gasteiger partial charge on any atom is -0.409 e. The van der Waals surface area contributed by atoms with Crippen LogP contribution in [0.1, 0.15) is 26.2 Å². The number of oxime groups is 1. The Morgan fingerprint density at radius 1 is 1.50 bits per heavy atom. The van der Waals surface area contributed by atoms with Gasteiger partial charge in [0.1, 0.15) is 5.84 Å². The zero-order chi connectivity index (χ0) is 13.2. The molecule has 0 aromatic carbocycles. The molecule has 18 heavy (non-hydrogen) atoms. The van der Waals surface area contributed by atoms with Crippen LogP contribution in [0.3, 0.4) is 0 Å². The van der Waals surface area contributed by atoms with Gasteiger partial charge in [-0.05, 0) is 25.9 Å². The molecule has 0 aromatic rings. The third kappa shape index (κ3) is 6.18. The highest BCUT2D eigenvalue weighted by Crippen LogP contribution is 2.00. The van der Waals surface area contributed by atoms with Crippen molar-refractivity contribution in [2.24, 2.45) is 10.9 Å². The minimum absolute atomic E-state index is 0.294. The predicted molar refractivity (Wildman–Crippen MR) is 72.0 cm³/mol. The van der Waals surface area contributed by atoms with E-state index in [9.17, 15) is 0 Å². The second-order valence-corrected chi connectivity index (χ2v) is 4.66. The lowest BCUT2D eigenvalue weighted by Gasteiger charge is -2.26. The van der Waals surface area contributed by atoms with Gasteiger partial charge in [0.2, 0.25) is 0 Å². The van der Waals surface area contributed by atoms with E-state index < -0.39 is 0 Å². The molecule has 0 saturated carbocycles. The van der Waals surface area contributed by atoms with Crippen molar-refractivity contribution in [2.45, 2.75) is 32.2 Å². The second kappa shape index (κ2) is 9.13. The van der Waals surface area contributed by atoms with Crippen molar-refractivity contribution < 1.29 is 9.94 Å². The summed E-state index contributed by atoms with van der Waals surface area (Å²) in [7, 11) is 0. The van der Waals surface area contributed by atoms with Crippen LogP contribution in [0.4, 0.5) is 0 Å². The molecule has 106 valence electrons. The third-order valence-electron chi connectivity index (χ3n) is 3.26. The van der Waals surface area contributed by atoms with Gasteiger partial charge in [0.15, 0.2) is 0 Å². The number of hydrogen-bond donors (Lipinski definition) is 3. The quantitative estimate of drug-likeness (QED) is 0.191. The first-order valence-corrected chi connectivity index (χ1v) is 6.76. The molecule has 1 aliphatic rings. The Morgan fingerprint density at radius 2 is 2.22 bits per heavy atom. The van der Waals surface area contributed by atoms with Crippen molar-refractivity contribution in [1.29, 1.82) is 0 Å². The van der Waals surface area contributed by atoms with Gasteiger partial charge in [-0.25, -0.2) is 0 Å². The fourth-order valence-corrected chi connectivity index (χ4v) is 2.09. The fraction of sp³-hybridized carbons (Fsp3) is 0.917. The maximum absolute atomic E-state index is 8.54. The van der Waals surface area contributed by atoms with E-state index in [4.69, 9.17) is 15.7 Å². The average Bonchev–Trinajstić information content (AvgIpc) is 2.43. The molecule has 1 saturated heterocycles. The number of rotatable bonds is 8. The number of amidine groups is 1. The smallest absolute Gasteiger partial charge is 0.140 e. The Kier molecular flexibility index (Phi) is 7.71. The van der Waals surface area contributed by atoms with Gasteiger partial charge >= 0.3 is 0 Å². The molecular weight excluding hydrogens is 232 g/mol. The summed E-state index contributed by atoms with van der Waals surface area (Å²) in [6.07, 6.45) is 2.70. The molecule has 1 atom stereocenters. The standard InChI is InChI=1S/C12H26N4O2/c1-2-11(10-12(13)15-17)14-4-3-5-16-6-8-18-9-7-16/h11,14,17H,2-10H2,1H3,(H2,13,15). The molecule has 0 radical (unpaired) electrons. The SMILES string of the molecule is CCC(CC(N)=NO)NCCCN1CCOCC1. The lowest BCUT2D eigenvalue weighted by atomic mass is 10.1. The van der Waals surface area contributed by atoms with Crippen LogP contribution < -0.4 is 11.1 Å². The summed E-state index contributed by atoms with van der Waals surface area (Å²) in [6.45, 7) is 7.97. The highest BCUT2D eigenvalue weighted by Gasteiger charge is 2.11. The third-order valence-corrected chi connectivity index (χ3v) is 3.26. The monoisotopic (exact) mass is 258 g/mol. The first-order valence-electron chi connectivity index (χ1n) is 6.76. The summed E-state index contributed by atoms with van der Waals surface area (Å²) in [5.74, 6) is 0.294. The van der Waals surface area contributed by atoms with Gasteiger partial charge in [-0.3, -0.25) is 4.90 Å². The van der Waals surface area contributed by atoms with Crippen LogP contribution in [-0.4, -0.2) is 61.4 Å². The van der Waals surface area contributed by atoms with Gasteiger partial charge in [-0.1, -0.05) is 12.1 Å². The first kappa shape index (κ1) is 15.2. The first-order chi connectivity index (χ1) is 8.76. The van der Waals surface area contributed by atoms with Crippen molar-refractivity contribution in [3.05, 3.63) is 0 Å².